The van der Waals surface area contributed by atoms with Crippen molar-refractivity contribution in [2.24, 2.45) is 0 Å². The van der Waals surface area contributed by atoms with E-state index in [1.54, 1.807) is 0 Å². The summed E-state index contributed by atoms with van der Waals surface area (Å²) >= 11 is 7.26. The standard InChI is InChI=1S/C42H28Br2N6/c43-29-5-1-25(2-6-29)39-31-9-13-35(47-31)41(27-17-21-45-22-18-27)37-15-11-33(49-37)40(26-3-7-30(44)8-4-26)34-12-16-38(50-34)42(28-19-23-46-24-20-28)36-14-10-32(39)48-36/h1-24,47-50H. The number of benzene rings is 2. The fraction of sp³-hybridized carbons (Fsp3) is 0. The molecule has 2 aromatic carbocycles. The van der Waals surface area contributed by atoms with E-state index in [9.17, 15) is 0 Å². The first-order valence-electron chi connectivity index (χ1n) is 16.2. The summed E-state index contributed by atoms with van der Waals surface area (Å²) < 4.78 is 2.06. The quantitative estimate of drug-likeness (QED) is 0.162. The molecule has 50 heavy (non-hydrogen) atoms. The van der Waals surface area contributed by atoms with Gasteiger partial charge in [-0.1, -0.05) is 56.1 Å². The highest BCUT2D eigenvalue weighted by Crippen LogP contribution is 2.28. The number of hydrogen-bond acceptors (Lipinski definition) is 2. The molecule has 0 fully saturated rings. The van der Waals surface area contributed by atoms with Gasteiger partial charge in [-0.2, -0.15) is 0 Å². The van der Waals surface area contributed by atoms with Gasteiger partial charge in [-0.05, 0) is 119 Å². The first-order valence-corrected chi connectivity index (χ1v) is 17.8. The maximum atomic E-state index is 4.32. The highest BCUT2D eigenvalue weighted by molar-refractivity contribution is 9.10. The van der Waals surface area contributed by atoms with Gasteiger partial charge in [0.1, 0.15) is 0 Å². The molecule has 1 aliphatic heterocycles. The van der Waals surface area contributed by atoms with Crippen LogP contribution in [0.25, 0.3) is 22.3 Å². The predicted molar refractivity (Wildman–Crippen MR) is 205 cm³/mol. The summed E-state index contributed by atoms with van der Waals surface area (Å²) in [5.41, 5.74) is 12.5. The van der Waals surface area contributed by atoms with Gasteiger partial charge in [-0.3, -0.25) is 9.97 Å². The Hall–Kier alpha value is -5.70. The SMILES string of the molecule is Brc1ccc(C2=c3ccc([nH]3)=C(c3ccncc3)c3ccc([nH]3)C(c3ccc(Br)cc3)=c3ccc([nH]3)=C(c3ccncc3)c3ccc2[nH]3)cc1. The lowest BCUT2D eigenvalue weighted by Crippen LogP contribution is -2.19. The van der Waals surface area contributed by atoms with Gasteiger partial charge in [0, 0.05) is 100 Å². The Morgan fingerprint density at radius 2 is 0.580 bits per heavy atom. The van der Waals surface area contributed by atoms with Crippen molar-refractivity contribution in [3.05, 3.63) is 221 Å². The highest BCUT2D eigenvalue weighted by Gasteiger charge is 2.18. The number of nitrogens with zero attached hydrogens (tertiary/aromatic N) is 2. The number of aromatic nitrogens is 6. The summed E-state index contributed by atoms with van der Waals surface area (Å²) in [4.78, 5) is 23.9. The van der Waals surface area contributed by atoms with Crippen LogP contribution >= 0.6 is 31.9 Å². The molecule has 8 aromatic rings. The number of pyridine rings is 2. The van der Waals surface area contributed by atoms with Crippen LogP contribution in [0.4, 0.5) is 0 Å². The molecule has 0 amide bonds. The van der Waals surface area contributed by atoms with E-state index < -0.39 is 0 Å². The molecule has 0 radical (unpaired) electrons. The van der Waals surface area contributed by atoms with Crippen molar-refractivity contribution in [3.63, 3.8) is 0 Å². The molecule has 6 aromatic heterocycles. The summed E-state index contributed by atoms with van der Waals surface area (Å²) in [6.07, 6.45) is 7.36. The number of nitrogens with one attached hydrogen (secondary N) is 4. The number of halogens is 2. The maximum absolute atomic E-state index is 4.32. The summed E-state index contributed by atoms with van der Waals surface area (Å²) in [6, 6.07) is 42.5. The Kier molecular flexibility index (Phi) is 7.67. The van der Waals surface area contributed by atoms with Crippen LogP contribution in [-0.4, -0.2) is 29.9 Å². The fourth-order valence-electron chi connectivity index (χ4n) is 6.84. The van der Waals surface area contributed by atoms with Gasteiger partial charge in [0.15, 0.2) is 0 Å². The normalized spacial score (nSPS) is 12.8. The van der Waals surface area contributed by atoms with Crippen LogP contribution in [0.15, 0.2) is 155 Å². The van der Waals surface area contributed by atoms with Crippen LogP contribution in [0.5, 0.6) is 0 Å². The molecule has 0 unspecified atom stereocenters. The van der Waals surface area contributed by atoms with Crippen molar-refractivity contribution in [2.45, 2.75) is 0 Å². The van der Waals surface area contributed by atoms with Crippen molar-refractivity contribution >= 4 is 54.2 Å². The van der Waals surface area contributed by atoms with Crippen molar-refractivity contribution in [1.29, 1.82) is 0 Å². The third-order valence-electron chi connectivity index (χ3n) is 9.10. The second-order valence-corrected chi connectivity index (χ2v) is 14.0. The third-order valence-corrected chi connectivity index (χ3v) is 10.2. The molecular formula is C42H28Br2N6. The molecule has 8 heteroatoms. The second kappa shape index (κ2) is 12.6. The van der Waals surface area contributed by atoms with E-state index in [0.29, 0.717) is 0 Å². The molecule has 0 atom stereocenters. The van der Waals surface area contributed by atoms with Crippen molar-refractivity contribution < 1.29 is 0 Å². The third kappa shape index (κ3) is 5.52. The van der Waals surface area contributed by atoms with Gasteiger partial charge >= 0.3 is 0 Å². The fourth-order valence-corrected chi connectivity index (χ4v) is 7.37. The summed E-state index contributed by atoms with van der Waals surface area (Å²) in [7, 11) is 0. The average Bonchev–Trinajstić information content (AvgIpc) is 3.98. The van der Waals surface area contributed by atoms with Crippen LogP contribution < -0.4 is 21.4 Å². The Labute approximate surface area is 304 Å². The van der Waals surface area contributed by atoms with Gasteiger partial charge in [0.2, 0.25) is 0 Å². The molecule has 9 rings (SSSR count). The minimum Gasteiger partial charge on any atom is -0.354 e. The lowest BCUT2D eigenvalue weighted by atomic mass is 10.0. The molecule has 7 heterocycles. The lowest BCUT2D eigenvalue weighted by molar-refractivity contribution is 1.18. The van der Waals surface area contributed by atoms with Gasteiger partial charge in [-0.25, -0.2) is 0 Å². The molecule has 4 N–H and O–H groups in total. The van der Waals surface area contributed by atoms with E-state index in [1.807, 2.05) is 24.8 Å². The molecule has 6 nitrogen and oxygen atoms in total. The molecule has 0 saturated carbocycles. The smallest absolute Gasteiger partial charge is 0.0485 e. The monoisotopic (exact) mass is 774 g/mol. The van der Waals surface area contributed by atoms with Gasteiger partial charge in [-0.15, -0.1) is 0 Å². The lowest BCUT2D eigenvalue weighted by Gasteiger charge is -2.10. The Morgan fingerprint density at radius 3 is 0.880 bits per heavy atom. The van der Waals surface area contributed by atoms with Crippen molar-refractivity contribution in [1.82, 2.24) is 29.9 Å². The van der Waals surface area contributed by atoms with Crippen molar-refractivity contribution in [3.8, 4) is 0 Å². The molecule has 240 valence electrons. The summed E-state index contributed by atoms with van der Waals surface area (Å²) in [5, 5.41) is 3.97. The van der Waals surface area contributed by atoms with Crippen LogP contribution in [0.3, 0.4) is 0 Å². The topological polar surface area (TPSA) is 88.9 Å². The zero-order valence-electron chi connectivity index (χ0n) is 26.5. The van der Waals surface area contributed by atoms with E-state index in [0.717, 1.165) is 97.7 Å². The molecule has 0 spiro atoms. The molecule has 0 saturated heterocycles. The highest BCUT2D eigenvalue weighted by atomic mass is 79.9. The van der Waals surface area contributed by atoms with Crippen molar-refractivity contribution in [2.75, 3.05) is 0 Å². The van der Waals surface area contributed by atoms with E-state index in [2.05, 4.69) is 183 Å². The van der Waals surface area contributed by atoms with Crippen LogP contribution in [0.1, 0.15) is 45.0 Å². The van der Waals surface area contributed by atoms with E-state index in [1.165, 1.54) is 0 Å². The second-order valence-electron chi connectivity index (χ2n) is 12.1. The largest absolute Gasteiger partial charge is 0.354 e. The number of H-pyrrole nitrogens is 4. The first-order chi connectivity index (χ1) is 24.6. The number of rotatable bonds is 4. The van der Waals surface area contributed by atoms with Gasteiger partial charge < -0.3 is 19.9 Å². The minimum absolute atomic E-state index is 0.990. The van der Waals surface area contributed by atoms with Gasteiger partial charge in [0.05, 0.1) is 0 Å². The number of aromatic amines is 4. The van der Waals surface area contributed by atoms with E-state index in [-0.39, 0.29) is 0 Å². The Bertz CT molecular complexity index is 2560. The zero-order chi connectivity index (χ0) is 33.6. The van der Waals surface area contributed by atoms with Crippen LogP contribution in [0, 0.1) is 0 Å². The Balaban J connectivity index is 1.43. The van der Waals surface area contributed by atoms with Crippen LogP contribution in [0.2, 0.25) is 0 Å². The summed E-state index contributed by atoms with van der Waals surface area (Å²) in [5.74, 6) is 0. The number of fused-ring (bicyclic) bond motifs is 8. The van der Waals surface area contributed by atoms with Gasteiger partial charge in [0.25, 0.3) is 0 Å². The molecule has 8 bridgehead atoms. The van der Waals surface area contributed by atoms with E-state index in [4.69, 9.17) is 0 Å². The maximum Gasteiger partial charge on any atom is 0.0485 e. The summed E-state index contributed by atoms with van der Waals surface area (Å²) in [6.45, 7) is 0. The average molecular weight is 777 g/mol. The van der Waals surface area contributed by atoms with Crippen LogP contribution in [-0.2, 0) is 0 Å². The molecule has 0 aliphatic carbocycles. The predicted octanol–water partition coefficient (Wildman–Crippen LogP) is 6.62. The minimum atomic E-state index is 0.990. The first kappa shape index (κ1) is 30.4. The number of hydrogen-bond donors (Lipinski definition) is 4. The zero-order valence-corrected chi connectivity index (χ0v) is 29.7. The van der Waals surface area contributed by atoms with E-state index >= 15 is 0 Å². The molecule has 1 aliphatic rings. The Morgan fingerprint density at radius 1 is 0.300 bits per heavy atom. The molecular weight excluding hydrogens is 748 g/mol.